The van der Waals surface area contributed by atoms with Crippen LogP contribution in [0.1, 0.15) is 19.8 Å². The summed E-state index contributed by atoms with van der Waals surface area (Å²) in [6.07, 6.45) is 11.4. The van der Waals surface area contributed by atoms with Gasteiger partial charge < -0.3 is 0 Å². The van der Waals surface area contributed by atoms with E-state index in [-0.39, 0.29) is 0 Å². The molecule has 0 nitrogen and oxygen atoms in total. The predicted molar refractivity (Wildman–Crippen MR) is 54.0 cm³/mol. The van der Waals surface area contributed by atoms with E-state index >= 15 is 0 Å². The maximum absolute atomic E-state index is 2.32. The van der Waals surface area contributed by atoms with Gasteiger partial charge in [0.15, 0.2) is 0 Å². The van der Waals surface area contributed by atoms with E-state index in [1.54, 1.807) is 0 Å². The van der Waals surface area contributed by atoms with E-state index in [0.29, 0.717) is 0 Å². The highest BCUT2D eigenvalue weighted by molar-refractivity contribution is 7.99. The highest BCUT2D eigenvalue weighted by atomic mass is 32.2. The summed E-state index contributed by atoms with van der Waals surface area (Å²) < 4.78 is 0. The van der Waals surface area contributed by atoms with Crippen LogP contribution in [0.4, 0.5) is 0 Å². The lowest BCUT2D eigenvalue weighted by Gasteiger charge is -2.11. The molecule has 1 rings (SSSR count). The number of allylic oxidation sites excluding steroid dienone is 4. The van der Waals surface area contributed by atoms with Crippen molar-refractivity contribution in [3.8, 4) is 0 Å². The molecule has 0 aliphatic heterocycles. The Balaban J connectivity index is 2.07. The molecule has 0 heterocycles. The molecule has 11 heavy (non-hydrogen) atoms. The second kappa shape index (κ2) is 5.48. The van der Waals surface area contributed by atoms with Crippen LogP contribution >= 0.6 is 11.8 Å². The van der Waals surface area contributed by atoms with Crippen molar-refractivity contribution >= 4 is 11.8 Å². The predicted octanol–water partition coefficient (Wildman–Crippen LogP) is 3.26. The first-order valence-electron chi connectivity index (χ1n) is 4.34. The van der Waals surface area contributed by atoms with E-state index in [1.807, 2.05) is 0 Å². The van der Waals surface area contributed by atoms with Crippen molar-refractivity contribution in [3.63, 3.8) is 0 Å². The maximum Gasteiger partial charge on any atom is -0.000137 e. The molecular weight excluding hydrogens is 152 g/mol. The van der Waals surface area contributed by atoms with Gasteiger partial charge in [0.1, 0.15) is 0 Å². The first kappa shape index (κ1) is 8.92. The first-order chi connectivity index (χ1) is 5.43. The van der Waals surface area contributed by atoms with E-state index in [2.05, 4.69) is 43.0 Å². The zero-order valence-electron chi connectivity index (χ0n) is 7.12. The zero-order valence-corrected chi connectivity index (χ0v) is 7.94. The van der Waals surface area contributed by atoms with Gasteiger partial charge in [0, 0.05) is 0 Å². The van der Waals surface area contributed by atoms with E-state index in [9.17, 15) is 0 Å². The van der Waals surface area contributed by atoms with Crippen LogP contribution in [0, 0.1) is 5.92 Å². The lowest BCUT2D eigenvalue weighted by atomic mass is 10.0. The second-order valence-corrected chi connectivity index (χ2v) is 4.03. The quantitative estimate of drug-likeness (QED) is 0.581. The molecule has 0 aromatic carbocycles. The lowest BCUT2D eigenvalue weighted by molar-refractivity contribution is 0.749. The molecule has 1 aliphatic rings. The summed E-state index contributed by atoms with van der Waals surface area (Å²) in [4.78, 5) is 0. The Kier molecular flexibility index (Phi) is 4.44. The van der Waals surface area contributed by atoms with Gasteiger partial charge in [0.05, 0.1) is 0 Å². The molecule has 1 unspecified atom stereocenters. The molecule has 0 saturated carbocycles. The Bertz CT molecular complexity index is 147. The third-order valence-electron chi connectivity index (χ3n) is 1.75. The van der Waals surface area contributed by atoms with Gasteiger partial charge in [0.2, 0.25) is 0 Å². The van der Waals surface area contributed by atoms with Gasteiger partial charge in [-0.1, -0.05) is 31.2 Å². The minimum Gasteiger partial charge on any atom is -0.161 e. The van der Waals surface area contributed by atoms with Crippen LogP contribution in [0.15, 0.2) is 24.3 Å². The minimum absolute atomic E-state index is 0.802. The summed E-state index contributed by atoms with van der Waals surface area (Å²) >= 11 is 2.07. The lowest BCUT2D eigenvalue weighted by Crippen LogP contribution is -2.00. The SMILES string of the molecule is CCCSCC1C=CC=CC1. The summed E-state index contributed by atoms with van der Waals surface area (Å²) in [6, 6.07) is 0. The smallest absolute Gasteiger partial charge is 0.000137 e. The van der Waals surface area contributed by atoms with Crippen LogP contribution in [0.2, 0.25) is 0 Å². The highest BCUT2D eigenvalue weighted by Gasteiger charge is 2.03. The molecule has 0 saturated heterocycles. The molecular formula is C10H16S. The van der Waals surface area contributed by atoms with Crippen LogP contribution in [0.5, 0.6) is 0 Å². The number of rotatable bonds is 4. The van der Waals surface area contributed by atoms with Crippen molar-refractivity contribution in [2.75, 3.05) is 11.5 Å². The molecule has 0 spiro atoms. The van der Waals surface area contributed by atoms with Gasteiger partial charge in [-0.2, -0.15) is 11.8 Å². The Morgan fingerprint density at radius 1 is 1.45 bits per heavy atom. The molecule has 0 radical (unpaired) electrons. The topological polar surface area (TPSA) is 0 Å². The van der Waals surface area contributed by atoms with Crippen molar-refractivity contribution in [3.05, 3.63) is 24.3 Å². The standard InChI is InChI=1S/C10H16S/c1-2-8-11-9-10-6-4-3-5-7-10/h3-6,10H,2,7-9H2,1H3. The Hall–Kier alpha value is -0.170. The number of thioether (sulfide) groups is 1. The summed E-state index contributed by atoms with van der Waals surface area (Å²) in [5.74, 6) is 3.42. The summed E-state index contributed by atoms with van der Waals surface area (Å²) in [5.41, 5.74) is 0. The summed E-state index contributed by atoms with van der Waals surface area (Å²) in [7, 11) is 0. The highest BCUT2D eigenvalue weighted by Crippen LogP contribution is 2.17. The van der Waals surface area contributed by atoms with Crippen molar-refractivity contribution in [1.82, 2.24) is 0 Å². The van der Waals surface area contributed by atoms with Crippen molar-refractivity contribution in [1.29, 1.82) is 0 Å². The fourth-order valence-electron chi connectivity index (χ4n) is 1.13. The molecule has 0 aromatic rings. The normalized spacial score (nSPS) is 22.5. The van der Waals surface area contributed by atoms with Gasteiger partial charge in [-0.3, -0.25) is 0 Å². The van der Waals surface area contributed by atoms with Crippen LogP contribution in [-0.4, -0.2) is 11.5 Å². The van der Waals surface area contributed by atoms with Crippen LogP contribution < -0.4 is 0 Å². The molecule has 0 fully saturated rings. The average molecular weight is 168 g/mol. The molecule has 62 valence electrons. The second-order valence-electron chi connectivity index (χ2n) is 2.88. The number of hydrogen-bond acceptors (Lipinski definition) is 1. The number of hydrogen-bond donors (Lipinski definition) is 0. The molecule has 0 amide bonds. The summed E-state index contributed by atoms with van der Waals surface area (Å²) in [5, 5.41) is 0. The van der Waals surface area contributed by atoms with Gasteiger partial charge >= 0.3 is 0 Å². The minimum atomic E-state index is 0.802. The Morgan fingerprint density at radius 3 is 3.00 bits per heavy atom. The first-order valence-corrected chi connectivity index (χ1v) is 5.50. The third kappa shape index (κ3) is 3.66. The summed E-state index contributed by atoms with van der Waals surface area (Å²) in [6.45, 7) is 2.24. The zero-order chi connectivity index (χ0) is 7.94. The molecule has 1 heteroatoms. The van der Waals surface area contributed by atoms with E-state index in [1.165, 1.54) is 24.3 Å². The van der Waals surface area contributed by atoms with Gasteiger partial charge in [-0.15, -0.1) is 0 Å². The van der Waals surface area contributed by atoms with Gasteiger partial charge in [-0.25, -0.2) is 0 Å². The van der Waals surface area contributed by atoms with Crippen molar-refractivity contribution in [2.45, 2.75) is 19.8 Å². The average Bonchev–Trinajstić information content (AvgIpc) is 2.07. The van der Waals surface area contributed by atoms with Crippen molar-refractivity contribution < 1.29 is 0 Å². The maximum atomic E-state index is 2.32. The third-order valence-corrected chi connectivity index (χ3v) is 3.11. The molecule has 0 N–H and O–H groups in total. The Morgan fingerprint density at radius 2 is 2.36 bits per heavy atom. The van der Waals surface area contributed by atoms with Crippen LogP contribution in [-0.2, 0) is 0 Å². The molecule has 1 atom stereocenters. The van der Waals surface area contributed by atoms with E-state index < -0.39 is 0 Å². The van der Waals surface area contributed by atoms with E-state index in [4.69, 9.17) is 0 Å². The van der Waals surface area contributed by atoms with Crippen LogP contribution in [0.3, 0.4) is 0 Å². The van der Waals surface area contributed by atoms with Crippen molar-refractivity contribution in [2.24, 2.45) is 5.92 Å². The molecule has 0 aromatic heterocycles. The Labute approximate surface area is 73.8 Å². The largest absolute Gasteiger partial charge is 0.161 e. The van der Waals surface area contributed by atoms with E-state index in [0.717, 1.165) is 5.92 Å². The molecule has 1 aliphatic carbocycles. The fourth-order valence-corrected chi connectivity index (χ4v) is 2.14. The monoisotopic (exact) mass is 168 g/mol. The van der Waals surface area contributed by atoms with Gasteiger partial charge in [0.25, 0.3) is 0 Å². The fraction of sp³-hybridized carbons (Fsp3) is 0.600. The molecule has 0 bridgehead atoms. The van der Waals surface area contributed by atoms with Gasteiger partial charge in [-0.05, 0) is 30.3 Å². The van der Waals surface area contributed by atoms with Crippen LogP contribution in [0.25, 0.3) is 0 Å².